The summed E-state index contributed by atoms with van der Waals surface area (Å²) < 4.78 is 0. The van der Waals surface area contributed by atoms with Crippen molar-refractivity contribution >= 4 is 23.2 Å². The minimum absolute atomic E-state index is 0.143. The van der Waals surface area contributed by atoms with Gasteiger partial charge < -0.3 is 0 Å². The fourth-order valence-corrected chi connectivity index (χ4v) is 1.83. The van der Waals surface area contributed by atoms with Crippen molar-refractivity contribution in [2.75, 3.05) is 4.90 Å². The Hall–Kier alpha value is -2.05. The molecule has 1 aliphatic rings. The van der Waals surface area contributed by atoms with Crippen LogP contribution < -0.4 is 4.90 Å². The van der Waals surface area contributed by atoms with Crippen molar-refractivity contribution < 1.29 is 4.79 Å². The quantitative estimate of drug-likeness (QED) is 0.762. The van der Waals surface area contributed by atoms with Gasteiger partial charge >= 0.3 is 0 Å². The molecule has 0 fully saturated rings. The van der Waals surface area contributed by atoms with Gasteiger partial charge in [0.15, 0.2) is 0 Å². The molecule has 0 saturated heterocycles. The summed E-state index contributed by atoms with van der Waals surface area (Å²) in [5.41, 5.74) is 1.96. The number of nitrogens with zero attached hydrogens (tertiary/aromatic N) is 2. The molecule has 84 valence electrons. The monoisotopic (exact) mass is 244 g/mol. The average Bonchev–Trinajstić information content (AvgIpc) is 2.52. The van der Waals surface area contributed by atoms with Crippen molar-refractivity contribution in [3.63, 3.8) is 0 Å². The van der Waals surface area contributed by atoms with Gasteiger partial charge in [-0.2, -0.15) is 5.26 Å². The maximum absolute atomic E-state index is 12.0. The summed E-state index contributed by atoms with van der Waals surface area (Å²) in [6, 6.07) is 8.73. The predicted molar refractivity (Wildman–Crippen MR) is 66.4 cm³/mol. The zero-order valence-electron chi connectivity index (χ0n) is 9.20. The average molecular weight is 245 g/mol. The second kappa shape index (κ2) is 4.08. The van der Waals surface area contributed by atoms with Crippen LogP contribution >= 0.6 is 11.6 Å². The maximum atomic E-state index is 12.0. The van der Waals surface area contributed by atoms with Crippen LogP contribution in [0.4, 0.5) is 5.69 Å². The lowest BCUT2D eigenvalue weighted by atomic mass is 10.2. The van der Waals surface area contributed by atoms with Crippen molar-refractivity contribution in [1.29, 1.82) is 5.26 Å². The molecule has 0 aliphatic carbocycles. The van der Waals surface area contributed by atoms with Crippen LogP contribution in [-0.2, 0) is 4.79 Å². The van der Waals surface area contributed by atoms with Crippen LogP contribution in [0.3, 0.4) is 0 Å². The normalized spacial score (nSPS) is 15.5. The molecule has 0 aromatic heterocycles. The van der Waals surface area contributed by atoms with Gasteiger partial charge in [0, 0.05) is 16.4 Å². The van der Waals surface area contributed by atoms with E-state index >= 15 is 0 Å². The van der Waals surface area contributed by atoms with E-state index in [0.717, 1.165) is 0 Å². The number of carbonyl (C=O) groups is 1. The Labute approximate surface area is 104 Å². The first-order valence-electron chi connectivity index (χ1n) is 4.96. The third-order valence-electron chi connectivity index (χ3n) is 2.69. The van der Waals surface area contributed by atoms with Gasteiger partial charge in [-0.1, -0.05) is 18.2 Å². The van der Waals surface area contributed by atoms with Gasteiger partial charge in [0.1, 0.15) is 11.6 Å². The second-order valence-corrected chi connectivity index (χ2v) is 4.11. The van der Waals surface area contributed by atoms with Crippen LogP contribution in [0.5, 0.6) is 0 Å². The van der Waals surface area contributed by atoms with Crippen molar-refractivity contribution in [2.45, 2.75) is 6.92 Å². The van der Waals surface area contributed by atoms with Crippen LogP contribution in [0.2, 0.25) is 5.02 Å². The smallest absolute Gasteiger partial charge is 0.273 e. The highest BCUT2D eigenvalue weighted by atomic mass is 35.5. The molecule has 0 radical (unpaired) electrons. The van der Waals surface area contributed by atoms with Gasteiger partial charge in [0.05, 0.1) is 0 Å². The molecule has 1 aromatic carbocycles. The van der Waals surface area contributed by atoms with Gasteiger partial charge in [-0.15, -0.1) is 0 Å². The summed E-state index contributed by atoms with van der Waals surface area (Å²) in [4.78, 5) is 13.4. The number of halogens is 1. The zero-order valence-corrected chi connectivity index (χ0v) is 9.95. The predicted octanol–water partition coefficient (Wildman–Crippen LogP) is 3.04. The topological polar surface area (TPSA) is 44.1 Å². The van der Waals surface area contributed by atoms with Crippen LogP contribution in [0.25, 0.3) is 0 Å². The molecule has 0 spiro atoms. The molecule has 0 atom stereocenters. The molecule has 3 nitrogen and oxygen atoms in total. The summed E-state index contributed by atoms with van der Waals surface area (Å²) in [6.45, 7) is 5.54. The summed E-state index contributed by atoms with van der Waals surface area (Å²) in [5.74, 6) is -0.336. The molecule has 17 heavy (non-hydrogen) atoms. The summed E-state index contributed by atoms with van der Waals surface area (Å²) in [7, 11) is 0. The minimum Gasteiger partial charge on any atom is -0.277 e. The number of anilines is 1. The first kappa shape index (κ1) is 11.4. The summed E-state index contributed by atoms with van der Waals surface area (Å²) in [5, 5.41) is 9.51. The zero-order chi connectivity index (χ0) is 12.6. The first-order chi connectivity index (χ1) is 8.06. The minimum atomic E-state index is -0.336. The van der Waals surface area contributed by atoms with E-state index < -0.39 is 0 Å². The van der Waals surface area contributed by atoms with E-state index in [2.05, 4.69) is 6.58 Å². The molecule has 0 unspecified atom stereocenters. The second-order valence-electron chi connectivity index (χ2n) is 3.68. The van der Waals surface area contributed by atoms with E-state index in [1.54, 1.807) is 31.2 Å². The summed E-state index contributed by atoms with van der Waals surface area (Å²) in [6.07, 6.45) is 0. The van der Waals surface area contributed by atoms with E-state index in [-0.39, 0.29) is 11.5 Å². The fraction of sp³-hybridized carbons (Fsp3) is 0.0769. The van der Waals surface area contributed by atoms with E-state index in [9.17, 15) is 4.79 Å². The van der Waals surface area contributed by atoms with Crippen LogP contribution in [0.15, 0.2) is 47.7 Å². The molecule has 1 amide bonds. The van der Waals surface area contributed by atoms with Crippen molar-refractivity contribution in [2.24, 2.45) is 0 Å². The largest absolute Gasteiger partial charge is 0.277 e. The number of rotatable bonds is 1. The molecule has 0 N–H and O–H groups in total. The molecule has 1 heterocycles. The van der Waals surface area contributed by atoms with E-state index in [0.29, 0.717) is 22.0 Å². The lowest BCUT2D eigenvalue weighted by Crippen LogP contribution is -2.24. The van der Waals surface area contributed by atoms with E-state index in [4.69, 9.17) is 16.9 Å². The number of amides is 1. The lowest BCUT2D eigenvalue weighted by Gasteiger charge is -2.18. The highest BCUT2D eigenvalue weighted by Gasteiger charge is 2.32. The van der Waals surface area contributed by atoms with E-state index in [1.165, 1.54) is 4.90 Å². The Bertz CT molecular complexity index is 578. The molecule has 2 rings (SSSR count). The van der Waals surface area contributed by atoms with Gasteiger partial charge in [0.25, 0.3) is 5.91 Å². The molecule has 0 bridgehead atoms. The number of carbonyl (C=O) groups excluding carboxylic acids is 1. The van der Waals surface area contributed by atoms with Gasteiger partial charge in [-0.25, -0.2) is 0 Å². The van der Waals surface area contributed by atoms with Gasteiger partial charge in [-0.05, 0) is 36.8 Å². The first-order valence-corrected chi connectivity index (χ1v) is 5.34. The Kier molecular flexibility index (Phi) is 2.74. The Morgan fingerprint density at radius 1 is 1.35 bits per heavy atom. The molecule has 0 saturated carbocycles. The number of hydrogen-bond acceptors (Lipinski definition) is 2. The number of benzene rings is 1. The Morgan fingerprint density at radius 2 is 1.94 bits per heavy atom. The lowest BCUT2D eigenvalue weighted by molar-refractivity contribution is -0.113. The standard InChI is InChI=1S/C13H9ClN2O/c1-8-9(2)16(13(17)12(8)7-15)11-5-3-10(14)4-6-11/h3-6H,2H2,1H3. The fourth-order valence-electron chi connectivity index (χ4n) is 1.70. The third kappa shape index (κ3) is 1.73. The number of nitriles is 1. The van der Waals surface area contributed by atoms with Gasteiger partial charge in [-0.3, -0.25) is 9.69 Å². The van der Waals surface area contributed by atoms with Crippen LogP contribution in [0.1, 0.15) is 6.92 Å². The summed E-state index contributed by atoms with van der Waals surface area (Å²) >= 11 is 5.79. The Morgan fingerprint density at radius 3 is 2.41 bits per heavy atom. The molecule has 1 aliphatic heterocycles. The van der Waals surface area contributed by atoms with Crippen molar-refractivity contribution in [3.05, 3.63) is 52.7 Å². The van der Waals surface area contributed by atoms with Crippen molar-refractivity contribution in [1.82, 2.24) is 0 Å². The highest BCUT2D eigenvalue weighted by Crippen LogP contribution is 2.32. The van der Waals surface area contributed by atoms with Gasteiger partial charge in [0.2, 0.25) is 0 Å². The van der Waals surface area contributed by atoms with Crippen LogP contribution in [-0.4, -0.2) is 5.91 Å². The molecule has 4 heteroatoms. The van der Waals surface area contributed by atoms with Crippen molar-refractivity contribution in [3.8, 4) is 6.07 Å². The molecular weight excluding hydrogens is 236 g/mol. The number of allylic oxidation sites excluding steroid dienone is 1. The van der Waals surface area contributed by atoms with Crippen LogP contribution in [0, 0.1) is 11.3 Å². The molecular formula is C13H9ClN2O. The molecule has 1 aromatic rings. The highest BCUT2D eigenvalue weighted by molar-refractivity contribution is 6.30. The maximum Gasteiger partial charge on any atom is 0.273 e. The SMILES string of the molecule is C=C1C(C)=C(C#N)C(=O)N1c1ccc(Cl)cc1. The Balaban J connectivity index is 2.45. The van der Waals surface area contributed by atoms with E-state index in [1.807, 2.05) is 6.07 Å². The number of hydrogen-bond donors (Lipinski definition) is 0. The third-order valence-corrected chi connectivity index (χ3v) is 2.94.